The lowest BCUT2D eigenvalue weighted by atomic mass is 9.82. The minimum Gasteiger partial charge on any atom is -0.506 e. The highest BCUT2D eigenvalue weighted by molar-refractivity contribution is 6.39. The standard InChI is InChI=1S/C25H19NO4/c1-25(2)16-10-6-7-11-17(16)26(3)18(25)12-15-19(24(30)23(15)29)20-21(27)13-8-4-5-9-14(13)22(20)28/h4-12,27H,1-3H3. The van der Waals surface area contributed by atoms with Gasteiger partial charge in [0.15, 0.2) is 5.78 Å². The first-order chi connectivity index (χ1) is 14.2. The van der Waals surface area contributed by atoms with Gasteiger partial charge >= 0.3 is 0 Å². The van der Waals surface area contributed by atoms with Crippen molar-refractivity contribution in [2.24, 2.45) is 0 Å². The Hall–Kier alpha value is -3.73. The normalized spacial score (nSPS) is 18.4. The van der Waals surface area contributed by atoms with Crippen LogP contribution in [0.3, 0.4) is 0 Å². The number of carbonyl (C=O) groups is 1. The van der Waals surface area contributed by atoms with Gasteiger partial charge in [-0.05, 0) is 17.7 Å². The summed E-state index contributed by atoms with van der Waals surface area (Å²) in [5.41, 5.74) is 2.05. The molecule has 1 heterocycles. The Morgan fingerprint density at radius 3 is 2.20 bits per heavy atom. The summed E-state index contributed by atoms with van der Waals surface area (Å²) >= 11 is 0. The van der Waals surface area contributed by atoms with Gasteiger partial charge in [-0.25, -0.2) is 0 Å². The summed E-state index contributed by atoms with van der Waals surface area (Å²) in [4.78, 5) is 39.9. The van der Waals surface area contributed by atoms with Crippen molar-refractivity contribution in [3.63, 3.8) is 0 Å². The predicted octanol–water partition coefficient (Wildman–Crippen LogP) is 3.67. The van der Waals surface area contributed by atoms with E-state index in [1.165, 1.54) is 0 Å². The Balaban J connectivity index is 1.69. The van der Waals surface area contributed by atoms with Crippen LogP contribution in [0.2, 0.25) is 0 Å². The number of rotatable bonds is 2. The van der Waals surface area contributed by atoms with E-state index in [9.17, 15) is 19.5 Å². The molecular weight excluding hydrogens is 378 g/mol. The number of allylic oxidation sites excluding steroid dienone is 2. The van der Waals surface area contributed by atoms with Crippen LogP contribution in [0.4, 0.5) is 5.69 Å². The van der Waals surface area contributed by atoms with E-state index in [2.05, 4.69) is 13.8 Å². The highest BCUT2D eigenvalue weighted by Gasteiger charge is 2.40. The Morgan fingerprint density at radius 2 is 1.53 bits per heavy atom. The largest absolute Gasteiger partial charge is 0.506 e. The molecule has 3 aromatic carbocycles. The van der Waals surface area contributed by atoms with E-state index in [0.717, 1.165) is 16.9 Å². The molecule has 2 aliphatic rings. The van der Waals surface area contributed by atoms with Crippen molar-refractivity contribution < 1.29 is 9.90 Å². The molecule has 0 bridgehead atoms. The molecule has 0 saturated heterocycles. The Bertz CT molecular complexity index is 1400. The third-order valence-electron chi connectivity index (χ3n) is 6.31. The molecule has 0 amide bonds. The minimum absolute atomic E-state index is 0.00589. The molecule has 5 rings (SSSR count). The number of benzene rings is 2. The van der Waals surface area contributed by atoms with Crippen LogP contribution in [0.5, 0.6) is 0 Å². The molecule has 0 fully saturated rings. The second kappa shape index (κ2) is 5.89. The lowest BCUT2D eigenvalue weighted by Crippen LogP contribution is -2.39. The van der Waals surface area contributed by atoms with E-state index < -0.39 is 16.6 Å². The number of aliphatic hydroxyl groups is 1. The molecule has 5 heteroatoms. The molecule has 1 aliphatic heterocycles. The van der Waals surface area contributed by atoms with Gasteiger partial charge in [0.05, 0.1) is 11.1 Å². The van der Waals surface area contributed by atoms with Crippen molar-refractivity contribution in [2.75, 3.05) is 11.9 Å². The van der Waals surface area contributed by atoms with Crippen LogP contribution < -0.4 is 15.8 Å². The van der Waals surface area contributed by atoms with Crippen LogP contribution in [0.1, 0.15) is 46.5 Å². The zero-order valence-electron chi connectivity index (χ0n) is 16.8. The number of fused-ring (bicyclic) bond motifs is 2. The van der Waals surface area contributed by atoms with Gasteiger partial charge in [0.25, 0.3) is 0 Å². The third kappa shape index (κ3) is 2.15. The average Bonchev–Trinajstić information content (AvgIpc) is 3.11. The molecule has 0 atom stereocenters. The smallest absolute Gasteiger partial charge is 0.235 e. The van der Waals surface area contributed by atoms with E-state index >= 15 is 0 Å². The first-order valence-corrected chi connectivity index (χ1v) is 9.71. The fourth-order valence-electron chi connectivity index (χ4n) is 4.69. The van der Waals surface area contributed by atoms with Crippen molar-refractivity contribution in [2.45, 2.75) is 19.3 Å². The van der Waals surface area contributed by atoms with Crippen molar-refractivity contribution in [1.29, 1.82) is 0 Å². The topological polar surface area (TPSA) is 74.7 Å². The summed E-state index contributed by atoms with van der Waals surface area (Å²) in [7, 11) is 1.91. The molecule has 30 heavy (non-hydrogen) atoms. The van der Waals surface area contributed by atoms with Gasteiger partial charge in [-0.2, -0.15) is 0 Å². The van der Waals surface area contributed by atoms with E-state index in [1.807, 2.05) is 36.2 Å². The molecule has 1 N–H and O–H groups in total. The third-order valence-corrected chi connectivity index (χ3v) is 6.31. The van der Waals surface area contributed by atoms with Crippen molar-refractivity contribution >= 4 is 28.9 Å². The number of hydrogen-bond acceptors (Lipinski definition) is 5. The van der Waals surface area contributed by atoms with Gasteiger partial charge in [-0.1, -0.05) is 56.3 Å². The number of aliphatic hydroxyl groups excluding tert-OH is 1. The molecule has 148 valence electrons. The molecule has 5 nitrogen and oxygen atoms in total. The quantitative estimate of drug-likeness (QED) is 0.668. The molecule has 0 radical (unpaired) electrons. The molecule has 3 aromatic rings. The molecule has 0 unspecified atom stereocenters. The molecule has 1 aliphatic carbocycles. The summed E-state index contributed by atoms with van der Waals surface area (Å²) in [5.74, 6) is -0.679. The van der Waals surface area contributed by atoms with Crippen molar-refractivity contribution in [1.82, 2.24) is 0 Å². The van der Waals surface area contributed by atoms with E-state index in [1.54, 1.807) is 30.3 Å². The van der Waals surface area contributed by atoms with Crippen LogP contribution in [0.25, 0.3) is 17.4 Å². The number of ketones is 1. The summed E-state index contributed by atoms with van der Waals surface area (Å²) in [6.45, 7) is 4.11. The zero-order valence-corrected chi connectivity index (χ0v) is 16.8. The molecule has 0 saturated carbocycles. The van der Waals surface area contributed by atoms with Gasteiger partial charge in [0, 0.05) is 40.5 Å². The van der Waals surface area contributed by atoms with Gasteiger partial charge in [-0.3, -0.25) is 14.4 Å². The minimum atomic E-state index is -0.736. The highest BCUT2D eigenvalue weighted by atomic mass is 16.3. The first kappa shape index (κ1) is 18.3. The zero-order chi connectivity index (χ0) is 21.4. The Labute approximate surface area is 172 Å². The summed E-state index contributed by atoms with van der Waals surface area (Å²) in [6.07, 6.45) is 1.69. The fourth-order valence-corrected chi connectivity index (χ4v) is 4.69. The van der Waals surface area contributed by atoms with Gasteiger partial charge in [-0.15, -0.1) is 0 Å². The van der Waals surface area contributed by atoms with Crippen LogP contribution in [0, 0.1) is 0 Å². The highest BCUT2D eigenvalue weighted by Crippen LogP contribution is 2.47. The fraction of sp³-hybridized carbons (Fsp3) is 0.160. The maximum absolute atomic E-state index is 12.9. The summed E-state index contributed by atoms with van der Waals surface area (Å²) in [5, 5.41) is 10.7. The SMILES string of the molecule is CN1C(=Cc2c(C3=C(O)c4ccccc4C3=O)c(=O)c2=O)C(C)(C)c2ccccc21. The number of anilines is 1. The number of Topliss-reactive ketones (excluding diaryl/α,β-unsaturated/α-hetero) is 1. The Morgan fingerprint density at radius 1 is 0.900 bits per heavy atom. The van der Waals surface area contributed by atoms with E-state index in [0.29, 0.717) is 11.1 Å². The monoisotopic (exact) mass is 397 g/mol. The van der Waals surface area contributed by atoms with Crippen molar-refractivity contribution in [3.05, 3.63) is 102 Å². The van der Waals surface area contributed by atoms with Crippen LogP contribution in [-0.4, -0.2) is 17.9 Å². The summed E-state index contributed by atoms with van der Waals surface area (Å²) < 4.78 is 0. The number of nitrogens with zero attached hydrogens (tertiary/aromatic N) is 1. The maximum Gasteiger partial charge on any atom is 0.235 e. The average molecular weight is 397 g/mol. The number of likely N-dealkylation sites (N-methyl/N-ethyl adjacent to an activating group) is 1. The van der Waals surface area contributed by atoms with Crippen LogP contribution in [-0.2, 0) is 5.41 Å². The number of para-hydroxylation sites is 1. The molecule has 0 spiro atoms. The van der Waals surface area contributed by atoms with E-state index in [-0.39, 0.29) is 27.9 Å². The maximum atomic E-state index is 12.9. The second-order valence-electron chi connectivity index (χ2n) is 8.28. The number of carbonyl (C=O) groups excluding carboxylic acids is 1. The van der Waals surface area contributed by atoms with E-state index in [4.69, 9.17) is 0 Å². The lowest BCUT2D eigenvalue weighted by molar-refractivity contribution is 0.105. The Kier molecular flexibility index (Phi) is 3.59. The second-order valence-corrected chi connectivity index (χ2v) is 8.28. The van der Waals surface area contributed by atoms with Gasteiger partial charge < -0.3 is 10.0 Å². The van der Waals surface area contributed by atoms with Crippen LogP contribution >= 0.6 is 0 Å². The van der Waals surface area contributed by atoms with Gasteiger partial charge in [0.2, 0.25) is 10.9 Å². The molecular formula is C25H19NO4. The molecule has 0 aromatic heterocycles. The summed E-state index contributed by atoms with van der Waals surface area (Å²) in [6, 6.07) is 14.6. The number of hydrogen-bond donors (Lipinski definition) is 1. The van der Waals surface area contributed by atoms with Gasteiger partial charge in [0.1, 0.15) is 5.76 Å². The first-order valence-electron chi connectivity index (χ1n) is 9.71. The van der Waals surface area contributed by atoms with Crippen molar-refractivity contribution in [3.8, 4) is 0 Å². The predicted molar refractivity (Wildman–Crippen MR) is 117 cm³/mol. The van der Waals surface area contributed by atoms with Crippen LogP contribution in [0.15, 0.2) is 63.8 Å². The lowest BCUT2D eigenvalue weighted by Gasteiger charge is -2.25.